The summed E-state index contributed by atoms with van der Waals surface area (Å²) in [6.45, 7) is 4.67. The van der Waals surface area contributed by atoms with E-state index in [-0.39, 0.29) is 12.0 Å². The lowest BCUT2D eigenvalue weighted by Gasteiger charge is -2.25. The van der Waals surface area contributed by atoms with Crippen LogP contribution in [0.1, 0.15) is 42.4 Å². The summed E-state index contributed by atoms with van der Waals surface area (Å²) in [5, 5.41) is 4.27. The van der Waals surface area contributed by atoms with Crippen LogP contribution in [0.4, 0.5) is 0 Å². The molecule has 1 amide bonds. The quantitative estimate of drug-likeness (QED) is 0.783. The van der Waals surface area contributed by atoms with E-state index in [0.29, 0.717) is 18.8 Å². The van der Waals surface area contributed by atoms with Crippen molar-refractivity contribution < 1.29 is 9.53 Å². The SMILES string of the molecule is CCCn1nccc1C(=O)N(Cc1ccccn1)CC1CCCO1. The molecule has 0 saturated carbocycles. The molecule has 6 nitrogen and oxygen atoms in total. The van der Waals surface area contributed by atoms with Crippen molar-refractivity contribution in [3.8, 4) is 0 Å². The van der Waals surface area contributed by atoms with E-state index in [0.717, 1.165) is 38.1 Å². The number of hydrogen-bond donors (Lipinski definition) is 0. The Balaban J connectivity index is 1.79. The van der Waals surface area contributed by atoms with E-state index in [1.54, 1.807) is 23.1 Å². The molecule has 2 aromatic rings. The van der Waals surface area contributed by atoms with Crippen LogP contribution in [-0.4, -0.2) is 44.8 Å². The summed E-state index contributed by atoms with van der Waals surface area (Å²) in [5.41, 5.74) is 1.51. The predicted molar refractivity (Wildman–Crippen MR) is 90.5 cm³/mol. The number of pyridine rings is 1. The van der Waals surface area contributed by atoms with E-state index in [9.17, 15) is 4.79 Å². The van der Waals surface area contributed by atoms with Gasteiger partial charge in [0.15, 0.2) is 0 Å². The molecule has 0 bridgehead atoms. The Labute approximate surface area is 142 Å². The fourth-order valence-electron chi connectivity index (χ4n) is 3.01. The Morgan fingerprint density at radius 1 is 1.38 bits per heavy atom. The molecule has 3 heterocycles. The van der Waals surface area contributed by atoms with Gasteiger partial charge in [-0.05, 0) is 37.5 Å². The fraction of sp³-hybridized carbons (Fsp3) is 0.500. The molecule has 24 heavy (non-hydrogen) atoms. The van der Waals surface area contributed by atoms with Crippen LogP contribution >= 0.6 is 0 Å². The van der Waals surface area contributed by atoms with Crippen molar-refractivity contribution >= 4 is 5.91 Å². The van der Waals surface area contributed by atoms with Crippen LogP contribution in [0.3, 0.4) is 0 Å². The summed E-state index contributed by atoms with van der Waals surface area (Å²) in [5.74, 6) is -0.0119. The van der Waals surface area contributed by atoms with Gasteiger partial charge in [-0.1, -0.05) is 13.0 Å². The largest absolute Gasteiger partial charge is 0.376 e. The minimum atomic E-state index is -0.0119. The highest BCUT2D eigenvalue weighted by molar-refractivity contribution is 5.92. The average molecular weight is 328 g/mol. The second kappa shape index (κ2) is 8.06. The normalized spacial score (nSPS) is 17.1. The van der Waals surface area contributed by atoms with Gasteiger partial charge in [-0.3, -0.25) is 14.5 Å². The molecular weight excluding hydrogens is 304 g/mol. The third-order valence-corrected chi connectivity index (χ3v) is 4.19. The molecule has 1 fully saturated rings. The Morgan fingerprint density at radius 2 is 2.29 bits per heavy atom. The first-order valence-electron chi connectivity index (χ1n) is 8.60. The van der Waals surface area contributed by atoms with Crippen molar-refractivity contribution in [3.05, 3.63) is 48.0 Å². The van der Waals surface area contributed by atoms with Gasteiger partial charge in [0, 0.05) is 32.1 Å². The van der Waals surface area contributed by atoms with E-state index < -0.39 is 0 Å². The van der Waals surface area contributed by atoms with Crippen molar-refractivity contribution in [2.75, 3.05) is 13.2 Å². The van der Waals surface area contributed by atoms with Crippen LogP contribution in [-0.2, 0) is 17.8 Å². The van der Waals surface area contributed by atoms with Gasteiger partial charge in [-0.25, -0.2) is 0 Å². The summed E-state index contributed by atoms with van der Waals surface area (Å²) in [4.78, 5) is 19.3. The first kappa shape index (κ1) is 16.6. The number of carbonyl (C=O) groups excluding carboxylic acids is 1. The van der Waals surface area contributed by atoms with Gasteiger partial charge in [0.05, 0.1) is 18.3 Å². The molecule has 0 N–H and O–H groups in total. The number of rotatable bonds is 7. The minimum Gasteiger partial charge on any atom is -0.376 e. The first-order valence-corrected chi connectivity index (χ1v) is 8.60. The van der Waals surface area contributed by atoms with Crippen LogP contribution in [0.5, 0.6) is 0 Å². The standard InChI is InChI=1S/C18H24N4O2/c1-2-11-22-17(8-10-20-22)18(23)21(14-16-7-5-12-24-16)13-15-6-3-4-9-19-15/h3-4,6,8-10,16H,2,5,7,11-14H2,1H3. The van der Waals surface area contributed by atoms with E-state index in [1.165, 1.54) is 0 Å². The highest BCUT2D eigenvalue weighted by atomic mass is 16.5. The maximum Gasteiger partial charge on any atom is 0.272 e. The van der Waals surface area contributed by atoms with Crippen LogP contribution in [0, 0.1) is 0 Å². The molecule has 128 valence electrons. The molecule has 2 aromatic heterocycles. The molecule has 1 atom stereocenters. The second-order valence-corrected chi connectivity index (χ2v) is 6.08. The monoisotopic (exact) mass is 328 g/mol. The van der Waals surface area contributed by atoms with E-state index >= 15 is 0 Å². The van der Waals surface area contributed by atoms with Crippen molar-refractivity contribution in [1.82, 2.24) is 19.7 Å². The van der Waals surface area contributed by atoms with Gasteiger partial charge in [0.1, 0.15) is 5.69 Å². The number of ether oxygens (including phenoxy) is 1. The maximum absolute atomic E-state index is 13.1. The molecule has 1 unspecified atom stereocenters. The zero-order valence-electron chi connectivity index (χ0n) is 14.1. The molecule has 1 saturated heterocycles. The van der Waals surface area contributed by atoms with Crippen LogP contribution in [0.25, 0.3) is 0 Å². The molecule has 3 rings (SSSR count). The molecule has 0 aromatic carbocycles. The molecule has 1 aliphatic rings. The van der Waals surface area contributed by atoms with Gasteiger partial charge in [0.2, 0.25) is 0 Å². The van der Waals surface area contributed by atoms with Gasteiger partial charge >= 0.3 is 0 Å². The van der Waals surface area contributed by atoms with E-state index in [1.807, 2.05) is 23.1 Å². The van der Waals surface area contributed by atoms with E-state index in [2.05, 4.69) is 17.0 Å². The second-order valence-electron chi connectivity index (χ2n) is 6.08. The molecule has 0 aliphatic carbocycles. The van der Waals surface area contributed by atoms with E-state index in [4.69, 9.17) is 4.74 Å². The van der Waals surface area contributed by atoms with Gasteiger partial charge < -0.3 is 9.64 Å². The van der Waals surface area contributed by atoms with Crippen LogP contribution in [0.15, 0.2) is 36.7 Å². The molecular formula is C18H24N4O2. The van der Waals surface area contributed by atoms with Crippen molar-refractivity contribution in [2.45, 2.75) is 45.4 Å². The lowest BCUT2D eigenvalue weighted by atomic mass is 10.2. The number of nitrogens with zero attached hydrogens (tertiary/aromatic N) is 4. The summed E-state index contributed by atoms with van der Waals surface area (Å²) in [6.07, 6.45) is 6.55. The summed E-state index contributed by atoms with van der Waals surface area (Å²) in [6, 6.07) is 7.56. The first-order chi connectivity index (χ1) is 11.8. The molecule has 0 spiro atoms. The molecule has 1 aliphatic heterocycles. The van der Waals surface area contributed by atoms with Gasteiger partial charge in [0.25, 0.3) is 5.91 Å². The number of aryl methyl sites for hydroxylation is 1. The van der Waals surface area contributed by atoms with Gasteiger partial charge in [-0.2, -0.15) is 5.10 Å². The molecule has 6 heteroatoms. The Kier molecular flexibility index (Phi) is 5.59. The number of hydrogen-bond acceptors (Lipinski definition) is 4. The smallest absolute Gasteiger partial charge is 0.272 e. The Bertz CT molecular complexity index is 650. The maximum atomic E-state index is 13.1. The summed E-state index contributed by atoms with van der Waals surface area (Å²) < 4.78 is 7.51. The Morgan fingerprint density at radius 3 is 3.00 bits per heavy atom. The highest BCUT2D eigenvalue weighted by Crippen LogP contribution is 2.17. The topological polar surface area (TPSA) is 60.2 Å². The number of amides is 1. The Hall–Kier alpha value is -2.21. The minimum absolute atomic E-state index is 0.0119. The fourth-order valence-corrected chi connectivity index (χ4v) is 3.01. The summed E-state index contributed by atoms with van der Waals surface area (Å²) in [7, 11) is 0. The lowest BCUT2D eigenvalue weighted by molar-refractivity contribution is 0.0495. The predicted octanol–water partition coefficient (Wildman–Crippen LogP) is 2.51. The average Bonchev–Trinajstić information content (AvgIpc) is 3.27. The van der Waals surface area contributed by atoms with Crippen molar-refractivity contribution in [2.24, 2.45) is 0 Å². The van der Waals surface area contributed by atoms with Crippen LogP contribution < -0.4 is 0 Å². The zero-order valence-corrected chi connectivity index (χ0v) is 14.1. The van der Waals surface area contributed by atoms with Gasteiger partial charge in [-0.15, -0.1) is 0 Å². The number of aromatic nitrogens is 3. The zero-order chi connectivity index (χ0) is 16.8. The lowest BCUT2D eigenvalue weighted by Crippen LogP contribution is -2.38. The number of carbonyl (C=O) groups is 1. The van der Waals surface area contributed by atoms with Crippen molar-refractivity contribution in [1.29, 1.82) is 0 Å². The third kappa shape index (κ3) is 4.00. The highest BCUT2D eigenvalue weighted by Gasteiger charge is 2.25. The van der Waals surface area contributed by atoms with Crippen molar-refractivity contribution in [3.63, 3.8) is 0 Å². The summed E-state index contributed by atoms with van der Waals surface area (Å²) >= 11 is 0. The molecule has 0 radical (unpaired) electrons. The third-order valence-electron chi connectivity index (χ3n) is 4.19. The van der Waals surface area contributed by atoms with Crippen LogP contribution in [0.2, 0.25) is 0 Å².